The highest BCUT2D eigenvalue weighted by atomic mass is 16.3. The van der Waals surface area contributed by atoms with Gasteiger partial charge >= 0.3 is 0 Å². The SMILES string of the molecule is CC(=O)C1(c2ccccc2)CCN(CC(=O)N[C@@H](Cc2ccc(O)cc2)C(=O)N(C)Cc2ccccc2)CC1. The van der Waals surface area contributed by atoms with Crippen LogP contribution in [0.25, 0.3) is 0 Å². The number of nitrogens with one attached hydrogen (secondary N) is 1. The van der Waals surface area contributed by atoms with E-state index in [1.165, 1.54) is 0 Å². The second kappa shape index (κ2) is 12.7. The van der Waals surface area contributed by atoms with E-state index in [-0.39, 0.29) is 29.9 Å². The molecule has 39 heavy (non-hydrogen) atoms. The lowest BCUT2D eigenvalue weighted by Gasteiger charge is -2.40. The molecule has 1 aliphatic heterocycles. The second-order valence-electron chi connectivity index (χ2n) is 10.5. The second-order valence-corrected chi connectivity index (χ2v) is 10.5. The Kier molecular flexibility index (Phi) is 9.15. The summed E-state index contributed by atoms with van der Waals surface area (Å²) in [7, 11) is 1.74. The third kappa shape index (κ3) is 7.12. The van der Waals surface area contributed by atoms with Crippen LogP contribution in [0.3, 0.4) is 0 Å². The molecule has 1 fully saturated rings. The minimum Gasteiger partial charge on any atom is -0.508 e. The van der Waals surface area contributed by atoms with E-state index in [1.54, 1.807) is 43.1 Å². The number of rotatable bonds is 10. The van der Waals surface area contributed by atoms with Crippen molar-refractivity contribution < 1.29 is 19.5 Å². The Morgan fingerprint density at radius 1 is 0.897 bits per heavy atom. The molecule has 4 rings (SSSR count). The van der Waals surface area contributed by atoms with Gasteiger partial charge in [-0.2, -0.15) is 0 Å². The van der Waals surface area contributed by atoms with Crippen LogP contribution in [-0.2, 0) is 32.8 Å². The molecule has 3 aromatic carbocycles. The lowest BCUT2D eigenvalue weighted by molar-refractivity contribution is -0.136. The van der Waals surface area contributed by atoms with Crippen molar-refractivity contribution in [2.24, 2.45) is 0 Å². The number of benzene rings is 3. The standard InChI is InChI=1S/C32H37N3O4/c1-24(36)32(27-11-7-4-8-12-27)17-19-35(20-18-32)23-30(38)33-29(21-25-13-15-28(37)16-14-25)31(39)34(2)22-26-9-5-3-6-10-26/h3-16,29,37H,17-23H2,1-2H3,(H,33,38)/t29-/m0/s1. The van der Waals surface area contributed by atoms with Crippen LogP contribution < -0.4 is 5.32 Å². The number of aromatic hydroxyl groups is 1. The van der Waals surface area contributed by atoms with E-state index < -0.39 is 11.5 Å². The topological polar surface area (TPSA) is 90.0 Å². The Hall–Kier alpha value is -3.97. The summed E-state index contributed by atoms with van der Waals surface area (Å²) >= 11 is 0. The number of carbonyl (C=O) groups excluding carboxylic acids is 3. The average molecular weight is 528 g/mol. The third-order valence-corrected chi connectivity index (χ3v) is 7.73. The fraction of sp³-hybridized carbons (Fsp3) is 0.344. The van der Waals surface area contributed by atoms with E-state index in [2.05, 4.69) is 10.2 Å². The smallest absolute Gasteiger partial charge is 0.245 e. The number of ketones is 1. The molecule has 1 heterocycles. The van der Waals surface area contributed by atoms with E-state index in [1.807, 2.05) is 60.7 Å². The predicted molar refractivity (Wildman–Crippen MR) is 151 cm³/mol. The van der Waals surface area contributed by atoms with E-state index >= 15 is 0 Å². The maximum atomic E-state index is 13.5. The number of amides is 2. The molecule has 2 N–H and O–H groups in total. The first kappa shape index (κ1) is 28.0. The lowest BCUT2D eigenvalue weighted by Crippen LogP contribution is -2.53. The Morgan fingerprint density at radius 2 is 1.49 bits per heavy atom. The number of phenols is 1. The Balaban J connectivity index is 1.41. The molecule has 3 aromatic rings. The Bertz CT molecular complexity index is 1250. The zero-order valence-electron chi connectivity index (χ0n) is 22.7. The van der Waals surface area contributed by atoms with E-state index in [9.17, 15) is 19.5 Å². The first-order chi connectivity index (χ1) is 18.8. The Morgan fingerprint density at radius 3 is 2.08 bits per heavy atom. The van der Waals surface area contributed by atoms with Crippen LogP contribution >= 0.6 is 0 Å². The maximum Gasteiger partial charge on any atom is 0.245 e. The van der Waals surface area contributed by atoms with E-state index in [4.69, 9.17) is 0 Å². The van der Waals surface area contributed by atoms with Gasteiger partial charge in [-0.3, -0.25) is 19.3 Å². The van der Waals surface area contributed by atoms with Crippen molar-refractivity contribution in [3.63, 3.8) is 0 Å². The van der Waals surface area contributed by atoms with E-state index in [0.29, 0.717) is 38.9 Å². The quantitative estimate of drug-likeness (QED) is 0.420. The third-order valence-electron chi connectivity index (χ3n) is 7.73. The van der Waals surface area contributed by atoms with Gasteiger partial charge in [0, 0.05) is 20.0 Å². The zero-order valence-corrected chi connectivity index (χ0v) is 22.7. The molecule has 204 valence electrons. The normalized spacial score (nSPS) is 15.7. The summed E-state index contributed by atoms with van der Waals surface area (Å²) in [6.45, 7) is 3.48. The number of piperidine rings is 1. The molecule has 1 atom stereocenters. The van der Waals surface area contributed by atoms with Crippen molar-refractivity contribution in [3.05, 3.63) is 102 Å². The molecule has 7 nitrogen and oxygen atoms in total. The summed E-state index contributed by atoms with van der Waals surface area (Å²) in [5, 5.41) is 12.6. The molecular formula is C32H37N3O4. The maximum absolute atomic E-state index is 13.5. The van der Waals surface area contributed by atoms with Gasteiger partial charge in [0.05, 0.1) is 12.0 Å². The molecule has 0 radical (unpaired) electrons. The van der Waals surface area contributed by atoms with Crippen molar-refractivity contribution in [1.29, 1.82) is 0 Å². The van der Waals surface area contributed by atoms with Gasteiger partial charge in [-0.1, -0.05) is 72.8 Å². The first-order valence-corrected chi connectivity index (χ1v) is 13.4. The molecule has 2 amide bonds. The highest BCUT2D eigenvalue weighted by Gasteiger charge is 2.40. The molecule has 0 aliphatic carbocycles. The number of carbonyl (C=O) groups is 3. The average Bonchev–Trinajstić information content (AvgIpc) is 2.95. The first-order valence-electron chi connectivity index (χ1n) is 13.4. The van der Waals surface area contributed by atoms with Gasteiger partial charge in [0.25, 0.3) is 0 Å². The summed E-state index contributed by atoms with van der Waals surface area (Å²) < 4.78 is 0. The van der Waals surface area contributed by atoms with Gasteiger partial charge in [-0.15, -0.1) is 0 Å². The fourth-order valence-corrected chi connectivity index (χ4v) is 5.41. The number of hydrogen-bond acceptors (Lipinski definition) is 5. The van der Waals surface area contributed by atoms with Gasteiger partial charge in [0.1, 0.15) is 17.6 Å². The van der Waals surface area contributed by atoms with Crippen LogP contribution in [0.4, 0.5) is 0 Å². The number of Topliss-reactive ketones (excluding diaryl/α,β-unsaturated/α-hetero) is 1. The summed E-state index contributed by atoms with van der Waals surface area (Å²) in [5.41, 5.74) is 2.35. The van der Waals surface area contributed by atoms with Gasteiger partial charge in [0.2, 0.25) is 11.8 Å². The van der Waals surface area contributed by atoms with Crippen LogP contribution in [0.1, 0.15) is 36.5 Å². The van der Waals surface area contributed by atoms with Crippen LogP contribution in [-0.4, -0.2) is 65.2 Å². The fourth-order valence-electron chi connectivity index (χ4n) is 5.41. The summed E-state index contributed by atoms with van der Waals surface area (Å²) in [6, 6.07) is 25.5. The number of phenolic OH excluding ortho intramolecular Hbond substituents is 1. The van der Waals surface area contributed by atoms with Gasteiger partial charge in [0.15, 0.2) is 0 Å². The number of hydrogen-bond donors (Lipinski definition) is 2. The summed E-state index contributed by atoms with van der Waals surface area (Å²) in [5.74, 6) is -0.109. The number of likely N-dealkylation sites (tertiary alicyclic amines) is 1. The molecule has 0 spiro atoms. The summed E-state index contributed by atoms with van der Waals surface area (Å²) in [4.78, 5) is 43.0. The van der Waals surface area contributed by atoms with Crippen LogP contribution in [0.5, 0.6) is 5.75 Å². The van der Waals surface area contributed by atoms with E-state index in [0.717, 1.165) is 16.7 Å². The largest absolute Gasteiger partial charge is 0.508 e. The molecular weight excluding hydrogens is 490 g/mol. The van der Waals surface area contributed by atoms with Crippen molar-refractivity contribution in [1.82, 2.24) is 15.1 Å². The molecule has 0 aromatic heterocycles. The summed E-state index contributed by atoms with van der Waals surface area (Å²) in [6.07, 6.45) is 1.61. The number of nitrogens with zero attached hydrogens (tertiary/aromatic N) is 2. The zero-order chi connectivity index (χ0) is 27.8. The van der Waals surface area contributed by atoms with Crippen molar-refractivity contribution in [3.8, 4) is 5.75 Å². The monoisotopic (exact) mass is 527 g/mol. The molecule has 7 heteroatoms. The van der Waals surface area contributed by atoms with Crippen LogP contribution in [0.15, 0.2) is 84.9 Å². The molecule has 0 saturated carbocycles. The van der Waals surface area contributed by atoms with Crippen molar-refractivity contribution in [2.75, 3.05) is 26.7 Å². The predicted octanol–water partition coefficient (Wildman–Crippen LogP) is 3.70. The van der Waals surface area contributed by atoms with Gasteiger partial charge in [-0.05, 0) is 61.7 Å². The molecule has 0 unspecified atom stereocenters. The minimum absolute atomic E-state index is 0.147. The lowest BCUT2D eigenvalue weighted by atomic mass is 9.70. The minimum atomic E-state index is -0.749. The number of likely N-dealkylation sites (N-methyl/N-ethyl adjacent to an activating group) is 1. The highest BCUT2D eigenvalue weighted by Crippen LogP contribution is 2.36. The molecule has 1 aliphatic rings. The molecule has 1 saturated heterocycles. The Labute approximate surface area is 230 Å². The van der Waals surface area contributed by atoms with Crippen molar-refractivity contribution >= 4 is 17.6 Å². The van der Waals surface area contributed by atoms with Crippen LogP contribution in [0, 0.1) is 0 Å². The highest BCUT2D eigenvalue weighted by molar-refractivity contribution is 5.89. The van der Waals surface area contributed by atoms with Crippen molar-refractivity contribution in [2.45, 2.75) is 44.2 Å². The van der Waals surface area contributed by atoms with Gasteiger partial charge in [-0.25, -0.2) is 0 Å². The van der Waals surface area contributed by atoms with Gasteiger partial charge < -0.3 is 15.3 Å². The molecule has 0 bridgehead atoms. The van der Waals surface area contributed by atoms with Crippen LogP contribution in [0.2, 0.25) is 0 Å².